The van der Waals surface area contributed by atoms with Gasteiger partial charge in [-0.25, -0.2) is 14.9 Å². The normalized spacial score (nSPS) is 11.0. The first-order valence-electron chi connectivity index (χ1n) is 7.18. The fraction of sp³-hybridized carbons (Fsp3) is 0.0588. The van der Waals surface area contributed by atoms with Crippen molar-refractivity contribution in [2.24, 2.45) is 5.10 Å². The topological polar surface area (TPSA) is 87.2 Å². The van der Waals surface area contributed by atoms with Crippen molar-refractivity contribution < 1.29 is 9.18 Å². The van der Waals surface area contributed by atoms with E-state index in [4.69, 9.17) is 0 Å². The molecule has 0 unspecified atom stereocenters. The van der Waals surface area contributed by atoms with Gasteiger partial charge in [-0.3, -0.25) is 9.59 Å². The van der Waals surface area contributed by atoms with Crippen LogP contribution in [0.25, 0.3) is 10.8 Å². The number of aromatic amines is 1. The van der Waals surface area contributed by atoms with Crippen molar-refractivity contribution in [2.75, 3.05) is 0 Å². The van der Waals surface area contributed by atoms with E-state index in [0.717, 1.165) is 0 Å². The number of benzene rings is 2. The van der Waals surface area contributed by atoms with Crippen LogP contribution in [0.5, 0.6) is 0 Å². The minimum Gasteiger partial charge on any atom is -0.273 e. The number of hydrazone groups is 1. The van der Waals surface area contributed by atoms with Crippen molar-refractivity contribution in [3.05, 3.63) is 76.0 Å². The van der Waals surface area contributed by atoms with Gasteiger partial charge < -0.3 is 0 Å². The molecule has 0 bridgehead atoms. The van der Waals surface area contributed by atoms with Crippen molar-refractivity contribution in [1.82, 2.24) is 15.6 Å². The lowest BCUT2D eigenvalue weighted by atomic mass is 10.1. The van der Waals surface area contributed by atoms with Crippen molar-refractivity contribution in [2.45, 2.75) is 6.42 Å². The summed E-state index contributed by atoms with van der Waals surface area (Å²) in [5.41, 5.74) is 2.71. The van der Waals surface area contributed by atoms with Crippen LogP contribution in [0.4, 0.5) is 4.39 Å². The largest absolute Gasteiger partial charge is 0.273 e. The molecule has 0 radical (unpaired) electrons. The Bertz CT molecular complexity index is 981. The lowest BCUT2D eigenvalue weighted by Gasteiger charge is -2.03. The molecular formula is C17H13FN4O2. The van der Waals surface area contributed by atoms with E-state index in [0.29, 0.717) is 16.5 Å². The van der Waals surface area contributed by atoms with Crippen molar-refractivity contribution in [3.8, 4) is 0 Å². The Hall–Kier alpha value is -3.35. The Morgan fingerprint density at radius 3 is 2.67 bits per heavy atom. The molecule has 1 aromatic heterocycles. The molecule has 0 saturated heterocycles. The predicted octanol–water partition coefficient (Wildman–Crippen LogP) is 1.75. The molecule has 2 aromatic carbocycles. The molecule has 1 heterocycles. The van der Waals surface area contributed by atoms with Gasteiger partial charge in [-0.05, 0) is 12.1 Å². The van der Waals surface area contributed by atoms with Gasteiger partial charge in [0.15, 0.2) is 0 Å². The quantitative estimate of drug-likeness (QED) is 0.566. The third-order valence-electron chi connectivity index (χ3n) is 3.40. The van der Waals surface area contributed by atoms with E-state index in [1.807, 2.05) is 0 Å². The Morgan fingerprint density at radius 2 is 1.88 bits per heavy atom. The number of halogens is 1. The van der Waals surface area contributed by atoms with Crippen LogP contribution in [0.15, 0.2) is 58.4 Å². The molecule has 3 aromatic rings. The molecule has 1 amide bonds. The van der Waals surface area contributed by atoms with E-state index >= 15 is 0 Å². The summed E-state index contributed by atoms with van der Waals surface area (Å²) in [6.07, 6.45) is 1.16. The summed E-state index contributed by atoms with van der Waals surface area (Å²) in [6.45, 7) is 0. The molecule has 0 aliphatic heterocycles. The van der Waals surface area contributed by atoms with Crippen LogP contribution in [-0.4, -0.2) is 22.3 Å². The number of fused-ring (bicyclic) bond motifs is 1. The predicted molar refractivity (Wildman–Crippen MR) is 88.2 cm³/mol. The molecule has 6 nitrogen and oxygen atoms in total. The van der Waals surface area contributed by atoms with Crippen LogP contribution in [-0.2, 0) is 11.2 Å². The number of hydrogen-bond acceptors (Lipinski definition) is 4. The van der Waals surface area contributed by atoms with Crippen LogP contribution in [0.3, 0.4) is 0 Å². The van der Waals surface area contributed by atoms with Crippen molar-refractivity contribution >= 4 is 22.9 Å². The van der Waals surface area contributed by atoms with Gasteiger partial charge in [0.05, 0.1) is 23.7 Å². The van der Waals surface area contributed by atoms with E-state index < -0.39 is 11.7 Å². The van der Waals surface area contributed by atoms with Crippen LogP contribution < -0.4 is 11.0 Å². The third-order valence-corrected chi connectivity index (χ3v) is 3.40. The van der Waals surface area contributed by atoms with Crippen LogP contribution in [0.2, 0.25) is 0 Å². The van der Waals surface area contributed by atoms with Gasteiger partial charge in [0, 0.05) is 10.9 Å². The Labute approximate surface area is 136 Å². The van der Waals surface area contributed by atoms with E-state index in [1.54, 1.807) is 42.5 Å². The monoisotopic (exact) mass is 324 g/mol. The number of carbonyl (C=O) groups is 1. The molecule has 120 valence electrons. The van der Waals surface area contributed by atoms with Gasteiger partial charge in [-0.15, -0.1) is 0 Å². The summed E-state index contributed by atoms with van der Waals surface area (Å²) >= 11 is 0. The molecule has 0 aliphatic carbocycles. The Morgan fingerprint density at radius 1 is 1.17 bits per heavy atom. The highest BCUT2D eigenvalue weighted by Gasteiger charge is 2.10. The SMILES string of the molecule is O=C(Cc1n[nH]c(=O)c2ccccc12)N/N=C/c1ccccc1F. The Balaban J connectivity index is 1.73. The van der Waals surface area contributed by atoms with Crippen LogP contribution in [0.1, 0.15) is 11.3 Å². The van der Waals surface area contributed by atoms with Crippen LogP contribution >= 0.6 is 0 Å². The number of nitrogens with one attached hydrogen (secondary N) is 2. The van der Waals surface area contributed by atoms with E-state index in [-0.39, 0.29) is 17.5 Å². The molecule has 0 saturated carbocycles. The second kappa shape index (κ2) is 6.82. The molecule has 3 rings (SSSR count). The van der Waals surface area contributed by atoms with E-state index in [1.165, 1.54) is 12.3 Å². The zero-order chi connectivity index (χ0) is 16.9. The van der Waals surface area contributed by atoms with Crippen molar-refractivity contribution in [3.63, 3.8) is 0 Å². The fourth-order valence-corrected chi connectivity index (χ4v) is 2.25. The second-order valence-corrected chi connectivity index (χ2v) is 5.04. The van der Waals surface area contributed by atoms with Gasteiger partial charge in [0.25, 0.3) is 5.56 Å². The first-order valence-corrected chi connectivity index (χ1v) is 7.18. The molecule has 2 N–H and O–H groups in total. The third kappa shape index (κ3) is 3.35. The number of rotatable bonds is 4. The molecule has 0 spiro atoms. The van der Waals surface area contributed by atoms with Gasteiger partial charge in [0.2, 0.25) is 5.91 Å². The summed E-state index contributed by atoms with van der Waals surface area (Å²) in [6, 6.07) is 13.0. The molecule has 0 fully saturated rings. The lowest BCUT2D eigenvalue weighted by Crippen LogP contribution is -2.22. The highest BCUT2D eigenvalue weighted by atomic mass is 19.1. The zero-order valence-electron chi connectivity index (χ0n) is 12.5. The number of hydrogen-bond donors (Lipinski definition) is 2. The van der Waals surface area contributed by atoms with Gasteiger partial charge in [0.1, 0.15) is 5.82 Å². The average molecular weight is 324 g/mol. The number of H-pyrrole nitrogens is 1. The van der Waals surface area contributed by atoms with E-state index in [2.05, 4.69) is 20.7 Å². The van der Waals surface area contributed by atoms with Gasteiger partial charge >= 0.3 is 0 Å². The summed E-state index contributed by atoms with van der Waals surface area (Å²) in [5, 5.41) is 11.1. The summed E-state index contributed by atoms with van der Waals surface area (Å²) in [7, 11) is 0. The summed E-state index contributed by atoms with van der Waals surface area (Å²) in [4.78, 5) is 23.7. The van der Waals surface area contributed by atoms with Gasteiger partial charge in [-0.1, -0.05) is 36.4 Å². The standard InChI is InChI=1S/C17H13FN4O2/c18-14-8-4-1-5-11(14)10-19-21-16(23)9-15-12-6-2-3-7-13(12)17(24)22-20-15/h1-8,10H,9H2,(H,21,23)(H,22,24)/b19-10+. The zero-order valence-corrected chi connectivity index (χ0v) is 12.5. The first kappa shape index (κ1) is 15.5. The maximum absolute atomic E-state index is 13.4. The van der Waals surface area contributed by atoms with Crippen molar-refractivity contribution in [1.29, 1.82) is 0 Å². The molecular weight excluding hydrogens is 311 g/mol. The number of nitrogens with zero attached hydrogens (tertiary/aromatic N) is 2. The molecule has 0 atom stereocenters. The Kier molecular flexibility index (Phi) is 4.42. The number of carbonyl (C=O) groups excluding carboxylic acids is 1. The molecule has 24 heavy (non-hydrogen) atoms. The molecule has 7 heteroatoms. The fourth-order valence-electron chi connectivity index (χ4n) is 2.25. The second-order valence-electron chi connectivity index (χ2n) is 5.04. The maximum atomic E-state index is 13.4. The lowest BCUT2D eigenvalue weighted by molar-refractivity contribution is -0.120. The van der Waals surface area contributed by atoms with Crippen LogP contribution in [0, 0.1) is 5.82 Å². The highest BCUT2D eigenvalue weighted by molar-refractivity contribution is 5.89. The highest BCUT2D eigenvalue weighted by Crippen LogP contribution is 2.12. The maximum Gasteiger partial charge on any atom is 0.272 e. The van der Waals surface area contributed by atoms with Gasteiger partial charge in [-0.2, -0.15) is 10.2 Å². The first-order chi connectivity index (χ1) is 11.6. The number of aromatic nitrogens is 2. The van der Waals surface area contributed by atoms with E-state index in [9.17, 15) is 14.0 Å². The summed E-state index contributed by atoms with van der Waals surface area (Å²) < 4.78 is 13.4. The average Bonchev–Trinajstić information content (AvgIpc) is 2.59. The number of amides is 1. The minimum atomic E-state index is -0.427. The minimum absolute atomic E-state index is 0.0636. The molecule has 0 aliphatic rings. The smallest absolute Gasteiger partial charge is 0.272 e. The summed E-state index contributed by atoms with van der Waals surface area (Å²) in [5.74, 6) is -0.851.